The third-order valence-corrected chi connectivity index (χ3v) is 2.97. The van der Waals surface area contributed by atoms with Gasteiger partial charge in [-0.2, -0.15) is 0 Å². The second-order valence-corrected chi connectivity index (χ2v) is 4.64. The van der Waals surface area contributed by atoms with Gasteiger partial charge in [-0.05, 0) is 37.2 Å². The normalized spacial score (nSPS) is 10.7. The molecule has 2 aromatic rings. The van der Waals surface area contributed by atoms with Gasteiger partial charge in [-0.15, -0.1) is 0 Å². The third-order valence-electron chi connectivity index (χ3n) is 2.97. The highest BCUT2D eigenvalue weighted by molar-refractivity contribution is 5.78. The minimum absolute atomic E-state index is 0.680. The molecule has 6 nitrogen and oxygen atoms in total. The van der Waals surface area contributed by atoms with E-state index >= 15 is 0 Å². The lowest BCUT2D eigenvalue weighted by Crippen LogP contribution is -2.50. The zero-order valence-electron chi connectivity index (χ0n) is 11.7. The van der Waals surface area contributed by atoms with Crippen LogP contribution < -0.4 is 22.1 Å². The second-order valence-electron chi connectivity index (χ2n) is 4.64. The van der Waals surface area contributed by atoms with Gasteiger partial charge in [-0.3, -0.25) is 0 Å². The molecule has 2 rings (SSSR count). The Kier molecular flexibility index (Phi) is 5.52. The van der Waals surface area contributed by atoms with E-state index in [1.54, 1.807) is 0 Å². The minimum atomic E-state index is 0.680. The summed E-state index contributed by atoms with van der Waals surface area (Å²) in [4.78, 5) is 9.05. The fourth-order valence-corrected chi connectivity index (χ4v) is 1.86. The van der Waals surface area contributed by atoms with Crippen LogP contribution in [-0.4, -0.2) is 36.1 Å². The molecule has 0 aliphatic rings. The van der Waals surface area contributed by atoms with E-state index in [-0.39, 0.29) is 0 Å². The van der Waals surface area contributed by atoms with Crippen LogP contribution in [0.4, 0.5) is 11.6 Å². The van der Waals surface area contributed by atoms with Gasteiger partial charge in [-0.1, -0.05) is 0 Å². The molecule has 0 saturated carbocycles. The van der Waals surface area contributed by atoms with E-state index in [2.05, 4.69) is 26.3 Å². The van der Waals surface area contributed by atoms with Crippen molar-refractivity contribution in [3.05, 3.63) is 24.3 Å². The van der Waals surface area contributed by atoms with E-state index in [1.165, 1.54) is 0 Å². The van der Waals surface area contributed by atoms with E-state index in [9.17, 15) is 0 Å². The Morgan fingerprint density at radius 1 is 0.950 bits per heavy atom. The van der Waals surface area contributed by atoms with Crippen LogP contribution in [0.1, 0.15) is 12.8 Å². The van der Waals surface area contributed by atoms with Crippen molar-refractivity contribution in [2.24, 2.45) is 5.73 Å². The minimum Gasteiger partial charge on any atom is -0.370 e. The molecule has 0 spiro atoms. The molecule has 0 aliphatic heterocycles. The number of rotatable bonds is 8. The van der Waals surface area contributed by atoms with Crippen LogP contribution in [0.25, 0.3) is 11.0 Å². The summed E-state index contributed by atoms with van der Waals surface area (Å²) in [6, 6.07) is 8.01. The maximum absolute atomic E-state index is 5.48. The van der Waals surface area contributed by atoms with Crippen LogP contribution in [0, 0.1) is 0 Å². The van der Waals surface area contributed by atoms with E-state index in [1.807, 2.05) is 24.3 Å². The number of hydrogen-bond acceptors (Lipinski definition) is 5. The van der Waals surface area contributed by atoms with E-state index < -0.39 is 0 Å². The molecule has 108 valence electrons. The quantitative estimate of drug-likeness (QED) is 0.523. The van der Waals surface area contributed by atoms with Crippen molar-refractivity contribution < 1.29 is 5.73 Å². The first-order chi connectivity index (χ1) is 9.83. The Labute approximate surface area is 119 Å². The molecule has 0 atom stereocenters. The van der Waals surface area contributed by atoms with Crippen molar-refractivity contribution in [1.29, 1.82) is 0 Å². The van der Waals surface area contributed by atoms with Gasteiger partial charge in [-0.25, -0.2) is 9.97 Å². The van der Waals surface area contributed by atoms with Crippen molar-refractivity contribution >= 4 is 22.7 Å². The van der Waals surface area contributed by atoms with E-state index in [4.69, 9.17) is 5.73 Å². The number of nitrogens with zero attached hydrogens (tertiary/aromatic N) is 2. The monoisotopic (exact) mass is 275 g/mol. The Hall–Kier alpha value is -1.92. The number of quaternary nitrogens is 1. The van der Waals surface area contributed by atoms with Gasteiger partial charge in [0, 0.05) is 24.9 Å². The molecular weight excluding hydrogens is 252 g/mol. The number of nitrogens with one attached hydrogen (secondary N) is 2. The lowest BCUT2D eigenvalue weighted by Gasteiger charge is -2.07. The van der Waals surface area contributed by atoms with Crippen molar-refractivity contribution in [3.63, 3.8) is 0 Å². The van der Waals surface area contributed by atoms with Gasteiger partial charge in [0.05, 0.1) is 6.54 Å². The van der Waals surface area contributed by atoms with Crippen LogP contribution in [0.2, 0.25) is 0 Å². The standard InChI is InChI=1S/C14H22N6/c15-7-1-9-17-12-5-3-11-4-6-13(18-10-2-8-16)20-14(11)19-12/h3-6H,1-2,7-10,15-16H2,(H2,17,18,19,20)/p+1. The first kappa shape index (κ1) is 14.5. The average Bonchev–Trinajstić information content (AvgIpc) is 2.47. The molecule has 2 heterocycles. The first-order valence-corrected chi connectivity index (χ1v) is 7.08. The van der Waals surface area contributed by atoms with E-state index in [0.717, 1.165) is 55.1 Å². The lowest BCUT2D eigenvalue weighted by atomic mass is 10.3. The molecule has 0 amide bonds. The summed E-state index contributed by atoms with van der Waals surface area (Å²) in [6.45, 7) is 3.32. The summed E-state index contributed by atoms with van der Waals surface area (Å²) in [5.74, 6) is 1.70. The number of aromatic nitrogens is 2. The number of nitrogens with two attached hydrogens (primary N) is 1. The van der Waals surface area contributed by atoms with Crippen LogP contribution in [-0.2, 0) is 0 Å². The number of anilines is 2. The van der Waals surface area contributed by atoms with E-state index in [0.29, 0.717) is 6.54 Å². The molecule has 0 radical (unpaired) electrons. The summed E-state index contributed by atoms with van der Waals surface area (Å²) in [5, 5.41) is 7.57. The fraction of sp³-hybridized carbons (Fsp3) is 0.429. The molecule has 0 bridgehead atoms. The molecule has 20 heavy (non-hydrogen) atoms. The summed E-state index contributed by atoms with van der Waals surface area (Å²) in [6.07, 6.45) is 1.97. The van der Waals surface area contributed by atoms with Gasteiger partial charge < -0.3 is 22.1 Å². The van der Waals surface area contributed by atoms with Crippen molar-refractivity contribution in [2.45, 2.75) is 12.8 Å². The molecule has 7 N–H and O–H groups in total. The van der Waals surface area contributed by atoms with Crippen LogP contribution in [0.3, 0.4) is 0 Å². The molecule has 0 aromatic carbocycles. The predicted molar refractivity (Wildman–Crippen MR) is 82.6 cm³/mol. The van der Waals surface area contributed by atoms with Crippen LogP contribution in [0.5, 0.6) is 0 Å². The fourth-order valence-electron chi connectivity index (χ4n) is 1.86. The zero-order valence-corrected chi connectivity index (χ0v) is 11.7. The summed E-state index contributed by atoms with van der Waals surface area (Å²) in [5.41, 5.74) is 10.1. The highest BCUT2D eigenvalue weighted by Crippen LogP contribution is 2.16. The smallest absolute Gasteiger partial charge is 0.163 e. The third kappa shape index (κ3) is 4.04. The van der Waals surface area contributed by atoms with Crippen LogP contribution in [0.15, 0.2) is 24.3 Å². The number of hydrogen-bond donors (Lipinski definition) is 4. The maximum atomic E-state index is 5.48. The molecule has 0 saturated heterocycles. The van der Waals surface area contributed by atoms with Crippen LogP contribution >= 0.6 is 0 Å². The zero-order chi connectivity index (χ0) is 14.2. The Balaban J connectivity index is 2.08. The van der Waals surface area contributed by atoms with Crippen molar-refractivity contribution in [1.82, 2.24) is 9.97 Å². The molecule has 0 fully saturated rings. The van der Waals surface area contributed by atoms with Gasteiger partial charge in [0.2, 0.25) is 0 Å². The van der Waals surface area contributed by atoms with Gasteiger partial charge in [0.25, 0.3) is 0 Å². The largest absolute Gasteiger partial charge is 0.370 e. The number of pyridine rings is 2. The molecule has 0 aliphatic carbocycles. The Morgan fingerprint density at radius 3 is 2.10 bits per heavy atom. The van der Waals surface area contributed by atoms with Gasteiger partial charge >= 0.3 is 0 Å². The lowest BCUT2D eigenvalue weighted by molar-refractivity contribution is -0.367. The van der Waals surface area contributed by atoms with Crippen molar-refractivity contribution in [2.75, 3.05) is 36.8 Å². The summed E-state index contributed by atoms with van der Waals surface area (Å²) in [7, 11) is 0. The Morgan fingerprint density at radius 2 is 1.55 bits per heavy atom. The molecular formula is C14H23N6+. The topological polar surface area (TPSA) is 104 Å². The molecule has 2 aromatic heterocycles. The highest BCUT2D eigenvalue weighted by atomic mass is 15.0. The Bertz CT molecular complexity index is 497. The summed E-state index contributed by atoms with van der Waals surface area (Å²) >= 11 is 0. The van der Waals surface area contributed by atoms with Gasteiger partial charge in [0.1, 0.15) is 11.6 Å². The second kappa shape index (κ2) is 7.62. The average molecular weight is 275 g/mol. The van der Waals surface area contributed by atoms with Gasteiger partial charge in [0.15, 0.2) is 5.65 Å². The first-order valence-electron chi connectivity index (χ1n) is 7.08. The molecule has 0 unspecified atom stereocenters. The predicted octanol–water partition coefficient (Wildman–Crippen LogP) is 0.434. The molecule has 6 heteroatoms. The maximum Gasteiger partial charge on any atom is 0.163 e. The number of fused-ring (bicyclic) bond motifs is 1. The summed E-state index contributed by atoms with van der Waals surface area (Å²) < 4.78 is 0. The highest BCUT2D eigenvalue weighted by Gasteiger charge is 2.01. The van der Waals surface area contributed by atoms with Crippen molar-refractivity contribution in [3.8, 4) is 0 Å². The SMILES string of the molecule is NCCCNc1ccc2ccc(NCCC[NH3+])nc2n1.